The highest BCUT2D eigenvalue weighted by molar-refractivity contribution is 8.00. The maximum absolute atomic E-state index is 11.1. The molecule has 0 bridgehead atoms. The first-order valence-electron chi connectivity index (χ1n) is 3.75. The fourth-order valence-electron chi connectivity index (χ4n) is 1.11. The van der Waals surface area contributed by atoms with Crippen LogP contribution in [0, 0.1) is 5.92 Å². The second kappa shape index (κ2) is 4.32. The molecule has 0 aromatic heterocycles. The van der Waals surface area contributed by atoms with Crippen LogP contribution >= 0.6 is 11.8 Å². The summed E-state index contributed by atoms with van der Waals surface area (Å²) in [5.41, 5.74) is 0. The third-order valence-electron chi connectivity index (χ3n) is 1.76. The Balaban J connectivity index is 2.77. The van der Waals surface area contributed by atoms with Gasteiger partial charge in [-0.2, -0.15) is 0 Å². The monoisotopic (exact) mass is 202 g/mol. The van der Waals surface area contributed by atoms with E-state index in [-0.39, 0.29) is 0 Å². The number of carbonyl (C=O) groups is 2. The van der Waals surface area contributed by atoms with E-state index in [1.807, 2.05) is 0 Å². The van der Waals surface area contributed by atoms with Crippen LogP contribution in [0.25, 0.3) is 0 Å². The topological polar surface area (TPSA) is 63.6 Å². The number of thioether (sulfide) groups is 1. The molecule has 1 aliphatic rings. The third-order valence-corrected chi connectivity index (χ3v) is 2.99. The molecule has 0 radical (unpaired) electrons. The van der Waals surface area contributed by atoms with Crippen LogP contribution in [0.3, 0.4) is 0 Å². The van der Waals surface area contributed by atoms with Gasteiger partial charge in [0.15, 0.2) is 0 Å². The summed E-state index contributed by atoms with van der Waals surface area (Å²) in [6.45, 7) is 0. The highest BCUT2D eigenvalue weighted by Gasteiger charge is 2.34. The average molecular weight is 202 g/mol. The molecule has 0 aromatic carbocycles. The van der Waals surface area contributed by atoms with Crippen LogP contribution in [0.2, 0.25) is 0 Å². The van der Waals surface area contributed by atoms with Crippen molar-refractivity contribution in [1.29, 1.82) is 0 Å². The number of ether oxygens (including phenoxy) is 1. The number of rotatable bonds is 2. The first-order chi connectivity index (χ1) is 6.16. The number of hydrogen-bond donors (Lipinski definition) is 1. The molecule has 0 fully saturated rings. The van der Waals surface area contributed by atoms with Crippen molar-refractivity contribution in [2.75, 3.05) is 12.9 Å². The Morgan fingerprint density at radius 3 is 2.85 bits per heavy atom. The summed E-state index contributed by atoms with van der Waals surface area (Å²) < 4.78 is 4.51. The van der Waals surface area contributed by atoms with Gasteiger partial charge in [0.05, 0.1) is 13.0 Å². The van der Waals surface area contributed by atoms with Crippen molar-refractivity contribution in [3.05, 3.63) is 12.2 Å². The summed E-state index contributed by atoms with van der Waals surface area (Å²) in [5.74, 6) is -1.56. The second-order valence-electron chi connectivity index (χ2n) is 2.57. The Morgan fingerprint density at radius 2 is 2.31 bits per heavy atom. The molecular weight excluding hydrogens is 192 g/mol. The van der Waals surface area contributed by atoms with E-state index in [1.165, 1.54) is 18.9 Å². The van der Waals surface area contributed by atoms with Crippen molar-refractivity contribution >= 4 is 23.7 Å². The van der Waals surface area contributed by atoms with Crippen LogP contribution < -0.4 is 0 Å². The molecule has 0 saturated heterocycles. The van der Waals surface area contributed by atoms with Crippen LogP contribution in [0.1, 0.15) is 0 Å². The van der Waals surface area contributed by atoms with Crippen LogP contribution in [-0.4, -0.2) is 35.2 Å². The van der Waals surface area contributed by atoms with Crippen molar-refractivity contribution in [3.63, 3.8) is 0 Å². The van der Waals surface area contributed by atoms with Crippen molar-refractivity contribution in [2.24, 2.45) is 5.92 Å². The van der Waals surface area contributed by atoms with Crippen molar-refractivity contribution < 1.29 is 19.4 Å². The molecule has 1 rings (SSSR count). The number of esters is 1. The van der Waals surface area contributed by atoms with Gasteiger partial charge in [-0.25, -0.2) is 0 Å². The summed E-state index contributed by atoms with van der Waals surface area (Å²) in [5, 5.41) is 8.18. The first-order valence-corrected chi connectivity index (χ1v) is 4.80. The molecule has 0 spiro atoms. The van der Waals surface area contributed by atoms with Gasteiger partial charge >= 0.3 is 11.9 Å². The Hall–Kier alpha value is -0.970. The molecule has 1 heterocycles. The number of carboxylic acids is 1. The van der Waals surface area contributed by atoms with E-state index >= 15 is 0 Å². The molecule has 0 aliphatic carbocycles. The molecule has 13 heavy (non-hydrogen) atoms. The molecule has 0 saturated carbocycles. The summed E-state index contributed by atoms with van der Waals surface area (Å²) in [6.07, 6.45) is 3.29. The van der Waals surface area contributed by atoms with Crippen LogP contribution in [0.5, 0.6) is 0 Å². The van der Waals surface area contributed by atoms with Gasteiger partial charge in [0.25, 0.3) is 0 Å². The van der Waals surface area contributed by atoms with Crippen molar-refractivity contribution in [3.8, 4) is 0 Å². The predicted molar refractivity (Wildman–Crippen MR) is 48.5 cm³/mol. The first kappa shape index (κ1) is 10.1. The SMILES string of the molecule is COC(=O)[C@H]1SCC=C[C@H]1C(=O)O. The van der Waals surface area contributed by atoms with Gasteiger partial charge in [-0.05, 0) is 0 Å². The summed E-state index contributed by atoms with van der Waals surface area (Å²) in [6, 6.07) is 0. The van der Waals surface area contributed by atoms with Crippen LogP contribution in [0.15, 0.2) is 12.2 Å². The second-order valence-corrected chi connectivity index (χ2v) is 3.74. The number of carboxylic acid groups (broad SMARTS) is 1. The maximum atomic E-state index is 11.1. The Morgan fingerprint density at radius 1 is 1.62 bits per heavy atom. The fourth-order valence-corrected chi connectivity index (χ4v) is 2.18. The number of methoxy groups -OCH3 is 1. The zero-order valence-corrected chi connectivity index (χ0v) is 7.91. The molecule has 72 valence electrons. The molecule has 0 amide bonds. The largest absolute Gasteiger partial charge is 0.481 e. The van der Waals surface area contributed by atoms with Gasteiger partial charge in [0.1, 0.15) is 5.25 Å². The minimum atomic E-state index is -0.987. The number of hydrogen-bond acceptors (Lipinski definition) is 4. The van der Waals surface area contributed by atoms with E-state index in [4.69, 9.17) is 5.11 Å². The van der Waals surface area contributed by atoms with Crippen molar-refractivity contribution in [2.45, 2.75) is 5.25 Å². The minimum absolute atomic E-state index is 0.471. The lowest BCUT2D eigenvalue weighted by molar-refractivity contribution is -0.147. The van der Waals surface area contributed by atoms with E-state index in [2.05, 4.69) is 4.74 Å². The van der Waals surface area contributed by atoms with Crippen LogP contribution in [0.4, 0.5) is 0 Å². The normalized spacial score (nSPS) is 26.8. The highest BCUT2D eigenvalue weighted by Crippen LogP contribution is 2.27. The third kappa shape index (κ3) is 2.24. The Labute approximate surface area is 80.0 Å². The number of carbonyl (C=O) groups excluding carboxylic acids is 1. The lowest BCUT2D eigenvalue weighted by Gasteiger charge is -2.21. The Bertz CT molecular complexity index is 249. The number of aliphatic carboxylic acids is 1. The molecule has 1 N–H and O–H groups in total. The summed E-state index contributed by atoms with van der Waals surface area (Å²) >= 11 is 1.29. The molecule has 0 aromatic rings. The van der Waals surface area contributed by atoms with Crippen LogP contribution in [-0.2, 0) is 14.3 Å². The van der Waals surface area contributed by atoms with E-state index in [9.17, 15) is 9.59 Å². The van der Waals surface area contributed by atoms with E-state index in [0.717, 1.165) is 0 Å². The highest BCUT2D eigenvalue weighted by atomic mass is 32.2. The molecule has 4 nitrogen and oxygen atoms in total. The minimum Gasteiger partial charge on any atom is -0.481 e. The molecule has 5 heteroatoms. The molecule has 1 aliphatic heterocycles. The molecule has 0 unspecified atom stereocenters. The average Bonchev–Trinajstić information content (AvgIpc) is 2.16. The summed E-state index contributed by atoms with van der Waals surface area (Å²) in [4.78, 5) is 21.9. The lowest BCUT2D eigenvalue weighted by atomic mass is 10.0. The van der Waals surface area contributed by atoms with Gasteiger partial charge in [-0.1, -0.05) is 12.2 Å². The van der Waals surface area contributed by atoms with Gasteiger partial charge in [-0.15, -0.1) is 11.8 Å². The zero-order chi connectivity index (χ0) is 9.84. The molecule has 2 atom stereocenters. The Kier molecular flexibility index (Phi) is 3.36. The van der Waals surface area contributed by atoms with Gasteiger partial charge in [0, 0.05) is 5.75 Å². The van der Waals surface area contributed by atoms with E-state index < -0.39 is 23.1 Å². The molecular formula is C8H10O4S. The van der Waals surface area contributed by atoms with E-state index in [1.54, 1.807) is 12.2 Å². The van der Waals surface area contributed by atoms with Gasteiger partial charge in [-0.3, -0.25) is 9.59 Å². The fraction of sp³-hybridized carbons (Fsp3) is 0.500. The standard InChI is InChI=1S/C8H10O4S/c1-12-8(11)6-5(7(9)10)3-2-4-13-6/h2-3,5-6H,4H2,1H3,(H,9,10)/t5-,6+/m1/s1. The maximum Gasteiger partial charge on any atom is 0.320 e. The summed E-state index contributed by atoms with van der Waals surface area (Å²) in [7, 11) is 1.26. The van der Waals surface area contributed by atoms with Crippen molar-refractivity contribution in [1.82, 2.24) is 0 Å². The predicted octanol–water partition coefficient (Wildman–Crippen LogP) is 0.532. The van der Waals surface area contributed by atoms with E-state index in [0.29, 0.717) is 5.75 Å². The lowest BCUT2D eigenvalue weighted by Crippen LogP contribution is -2.34. The quantitative estimate of drug-likeness (QED) is 0.522. The zero-order valence-electron chi connectivity index (χ0n) is 7.10. The smallest absolute Gasteiger partial charge is 0.320 e. The van der Waals surface area contributed by atoms with Gasteiger partial charge < -0.3 is 9.84 Å². The van der Waals surface area contributed by atoms with Gasteiger partial charge in [0.2, 0.25) is 0 Å².